The van der Waals surface area contributed by atoms with Crippen LogP contribution in [0.15, 0.2) is 30.3 Å². The second kappa shape index (κ2) is 9.74. The molecule has 6 heteroatoms. The van der Waals surface area contributed by atoms with E-state index in [1.807, 2.05) is 23.1 Å². The normalized spacial score (nSPS) is 20.5. The Kier molecular flexibility index (Phi) is 7.10. The zero-order valence-corrected chi connectivity index (χ0v) is 16.2. The van der Waals surface area contributed by atoms with Crippen LogP contribution in [0, 0.1) is 5.92 Å². The molecule has 1 atom stereocenters. The zero-order valence-electron chi connectivity index (χ0n) is 16.2. The molecule has 6 nitrogen and oxygen atoms in total. The monoisotopic (exact) mass is 373 g/mol. The number of anilines is 1. The van der Waals surface area contributed by atoms with Gasteiger partial charge >= 0.3 is 0 Å². The molecule has 0 bridgehead atoms. The first-order valence-electron chi connectivity index (χ1n) is 10.1. The second-order valence-electron chi connectivity index (χ2n) is 7.50. The Labute approximate surface area is 161 Å². The SMILES string of the molecule is CN(CCCNC(=O)C1CCN(C(=O)[C@@H]2CCCO2)CC1)c1ccccc1. The summed E-state index contributed by atoms with van der Waals surface area (Å²) in [5.74, 6) is 0.252. The number of para-hydroxylation sites is 1. The maximum absolute atomic E-state index is 12.4. The average Bonchev–Trinajstić information content (AvgIpc) is 3.26. The van der Waals surface area contributed by atoms with Crippen LogP contribution >= 0.6 is 0 Å². The van der Waals surface area contributed by atoms with E-state index in [0.717, 1.165) is 38.6 Å². The fraction of sp³-hybridized carbons (Fsp3) is 0.619. The molecular weight excluding hydrogens is 342 g/mol. The molecule has 1 aromatic rings. The molecule has 0 radical (unpaired) electrons. The molecule has 0 unspecified atom stereocenters. The van der Waals surface area contributed by atoms with Gasteiger partial charge in [0, 0.05) is 51.4 Å². The lowest BCUT2D eigenvalue weighted by Gasteiger charge is -2.32. The molecule has 0 spiro atoms. The highest BCUT2D eigenvalue weighted by molar-refractivity contribution is 5.82. The van der Waals surface area contributed by atoms with E-state index in [9.17, 15) is 9.59 Å². The van der Waals surface area contributed by atoms with Crippen LogP contribution in [-0.2, 0) is 14.3 Å². The predicted octanol–water partition coefficient (Wildman–Crippen LogP) is 2.05. The van der Waals surface area contributed by atoms with Gasteiger partial charge in [0.25, 0.3) is 5.91 Å². The maximum Gasteiger partial charge on any atom is 0.251 e. The molecule has 3 rings (SSSR count). The van der Waals surface area contributed by atoms with E-state index >= 15 is 0 Å². The van der Waals surface area contributed by atoms with Crippen molar-refractivity contribution in [2.24, 2.45) is 5.92 Å². The lowest BCUT2D eigenvalue weighted by molar-refractivity contribution is -0.143. The Morgan fingerprint density at radius 1 is 1.19 bits per heavy atom. The second-order valence-corrected chi connectivity index (χ2v) is 7.50. The number of ether oxygens (including phenoxy) is 1. The Morgan fingerprint density at radius 2 is 1.93 bits per heavy atom. The zero-order chi connectivity index (χ0) is 19.1. The quantitative estimate of drug-likeness (QED) is 0.743. The van der Waals surface area contributed by atoms with Gasteiger partial charge in [-0.05, 0) is 44.2 Å². The summed E-state index contributed by atoms with van der Waals surface area (Å²) < 4.78 is 5.48. The molecule has 2 amide bonds. The van der Waals surface area contributed by atoms with Crippen LogP contribution in [0.1, 0.15) is 32.1 Å². The Balaban J connectivity index is 1.32. The third-order valence-corrected chi connectivity index (χ3v) is 5.55. The highest BCUT2D eigenvalue weighted by Gasteiger charge is 2.32. The number of rotatable bonds is 7. The lowest BCUT2D eigenvalue weighted by Crippen LogP contribution is -2.46. The number of benzene rings is 1. The molecule has 1 N–H and O–H groups in total. The predicted molar refractivity (Wildman–Crippen MR) is 106 cm³/mol. The Hall–Kier alpha value is -2.08. The molecule has 2 saturated heterocycles. The van der Waals surface area contributed by atoms with Crippen LogP contribution in [0.5, 0.6) is 0 Å². The number of likely N-dealkylation sites (tertiary alicyclic amines) is 1. The summed E-state index contributed by atoms with van der Waals surface area (Å²) in [6, 6.07) is 10.2. The fourth-order valence-electron chi connectivity index (χ4n) is 3.82. The van der Waals surface area contributed by atoms with Crippen molar-refractivity contribution in [3.8, 4) is 0 Å². The molecule has 27 heavy (non-hydrogen) atoms. The summed E-state index contributed by atoms with van der Waals surface area (Å²) in [5.41, 5.74) is 1.19. The van der Waals surface area contributed by atoms with E-state index in [1.165, 1.54) is 5.69 Å². The number of nitrogens with zero attached hydrogens (tertiary/aromatic N) is 2. The Bertz CT molecular complexity index is 608. The van der Waals surface area contributed by atoms with Gasteiger partial charge in [-0.25, -0.2) is 0 Å². The number of carbonyl (C=O) groups is 2. The highest BCUT2D eigenvalue weighted by atomic mass is 16.5. The highest BCUT2D eigenvalue weighted by Crippen LogP contribution is 2.21. The van der Waals surface area contributed by atoms with Gasteiger partial charge in [0.1, 0.15) is 6.10 Å². The number of piperidine rings is 1. The summed E-state index contributed by atoms with van der Waals surface area (Å²) in [6.45, 7) is 3.60. The van der Waals surface area contributed by atoms with Gasteiger partial charge in [0.05, 0.1) is 0 Å². The van der Waals surface area contributed by atoms with Crippen molar-refractivity contribution in [3.63, 3.8) is 0 Å². The molecule has 2 aliphatic rings. The van der Waals surface area contributed by atoms with Gasteiger partial charge in [-0.2, -0.15) is 0 Å². The minimum Gasteiger partial charge on any atom is -0.375 e. The van der Waals surface area contributed by atoms with Gasteiger partial charge < -0.3 is 19.9 Å². The van der Waals surface area contributed by atoms with Gasteiger partial charge in [0.15, 0.2) is 0 Å². The average molecular weight is 373 g/mol. The molecule has 2 aliphatic heterocycles. The lowest BCUT2D eigenvalue weighted by atomic mass is 9.95. The molecular formula is C21H31N3O3. The van der Waals surface area contributed by atoms with Gasteiger partial charge in [-0.1, -0.05) is 18.2 Å². The number of hydrogen-bond acceptors (Lipinski definition) is 4. The van der Waals surface area contributed by atoms with Gasteiger partial charge in [-0.15, -0.1) is 0 Å². The molecule has 2 fully saturated rings. The van der Waals surface area contributed by atoms with Crippen molar-refractivity contribution >= 4 is 17.5 Å². The number of nitrogens with one attached hydrogen (secondary N) is 1. The number of amides is 2. The smallest absolute Gasteiger partial charge is 0.251 e. The van der Waals surface area contributed by atoms with Crippen LogP contribution in [0.4, 0.5) is 5.69 Å². The molecule has 1 aromatic carbocycles. The molecule has 0 saturated carbocycles. The van der Waals surface area contributed by atoms with Crippen molar-refractivity contribution in [2.45, 2.75) is 38.2 Å². The van der Waals surface area contributed by atoms with Crippen molar-refractivity contribution in [3.05, 3.63) is 30.3 Å². The summed E-state index contributed by atoms with van der Waals surface area (Å²) >= 11 is 0. The maximum atomic E-state index is 12.4. The summed E-state index contributed by atoms with van der Waals surface area (Å²) in [6.07, 6.45) is 3.94. The fourth-order valence-corrected chi connectivity index (χ4v) is 3.82. The third kappa shape index (κ3) is 5.45. The standard InChI is InChI=1S/C21H31N3O3/c1-23(18-7-3-2-4-8-18)13-6-12-22-20(25)17-10-14-24(15-11-17)21(26)19-9-5-16-27-19/h2-4,7-8,17,19H,5-6,9-16H2,1H3,(H,22,25)/t19-/m0/s1. The van der Waals surface area contributed by atoms with Crippen LogP contribution < -0.4 is 10.2 Å². The number of hydrogen-bond donors (Lipinski definition) is 1. The van der Waals surface area contributed by atoms with E-state index in [4.69, 9.17) is 4.74 Å². The minimum absolute atomic E-state index is 0.0189. The van der Waals surface area contributed by atoms with Crippen LogP contribution in [0.2, 0.25) is 0 Å². The van der Waals surface area contributed by atoms with E-state index in [0.29, 0.717) is 26.2 Å². The first-order chi connectivity index (χ1) is 13.1. The summed E-state index contributed by atoms with van der Waals surface area (Å²) in [4.78, 5) is 28.8. The summed E-state index contributed by atoms with van der Waals surface area (Å²) in [5, 5.41) is 3.06. The van der Waals surface area contributed by atoms with Crippen molar-refractivity contribution in [1.29, 1.82) is 0 Å². The molecule has 0 aromatic heterocycles. The first kappa shape index (κ1) is 19.7. The van der Waals surface area contributed by atoms with Gasteiger partial charge in [0.2, 0.25) is 5.91 Å². The largest absolute Gasteiger partial charge is 0.375 e. The molecule has 0 aliphatic carbocycles. The van der Waals surface area contributed by atoms with E-state index in [2.05, 4.69) is 29.4 Å². The van der Waals surface area contributed by atoms with Gasteiger partial charge in [-0.3, -0.25) is 9.59 Å². The van der Waals surface area contributed by atoms with Crippen LogP contribution in [-0.4, -0.2) is 62.7 Å². The third-order valence-electron chi connectivity index (χ3n) is 5.55. The van der Waals surface area contributed by atoms with Crippen LogP contribution in [0.3, 0.4) is 0 Å². The van der Waals surface area contributed by atoms with Crippen molar-refractivity contribution in [2.75, 3.05) is 44.7 Å². The molecule has 2 heterocycles. The number of carbonyl (C=O) groups excluding carboxylic acids is 2. The summed E-state index contributed by atoms with van der Waals surface area (Å²) in [7, 11) is 2.07. The minimum atomic E-state index is -0.253. The van der Waals surface area contributed by atoms with Crippen LogP contribution in [0.25, 0.3) is 0 Å². The topological polar surface area (TPSA) is 61.9 Å². The van der Waals surface area contributed by atoms with Crippen molar-refractivity contribution in [1.82, 2.24) is 10.2 Å². The van der Waals surface area contributed by atoms with Crippen molar-refractivity contribution < 1.29 is 14.3 Å². The Morgan fingerprint density at radius 3 is 2.59 bits per heavy atom. The first-order valence-corrected chi connectivity index (χ1v) is 10.1. The molecule has 148 valence electrons. The van der Waals surface area contributed by atoms with E-state index in [-0.39, 0.29) is 23.8 Å². The van der Waals surface area contributed by atoms with E-state index in [1.54, 1.807) is 0 Å². The van der Waals surface area contributed by atoms with E-state index < -0.39 is 0 Å².